The zero-order chi connectivity index (χ0) is 29.0. The number of hydrogen-bond donors (Lipinski definition) is 2. The van der Waals surface area contributed by atoms with E-state index in [0.717, 1.165) is 6.42 Å². The third-order valence-electron chi connectivity index (χ3n) is 7.83. The van der Waals surface area contributed by atoms with E-state index in [1.165, 1.54) is 41.0 Å². The van der Waals surface area contributed by atoms with Crippen molar-refractivity contribution in [2.75, 3.05) is 32.1 Å². The highest BCUT2D eigenvalue weighted by molar-refractivity contribution is 7.89. The number of likely N-dealkylation sites (N-methyl/N-ethyl adjacent to an activating group) is 1. The summed E-state index contributed by atoms with van der Waals surface area (Å²) in [5.41, 5.74) is 1.76. The van der Waals surface area contributed by atoms with Gasteiger partial charge >= 0.3 is 6.03 Å². The minimum absolute atomic E-state index is 0.0221. The van der Waals surface area contributed by atoms with E-state index in [1.807, 2.05) is 6.92 Å². The molecule has 0 saturated heterocycles. The lowest BCUT2D eigenvalue weighted by Crippen LogP contribution is -2.50. The Kier molecular flexibility index (Phi) is 9.44. The van der Waals surface area contributed by atoms with Crippen molar-refractivity contribution >= 4 is 21.7 Å². The zero-order valence-corrected chi connectivity index (χ0v) is 24.8. The van der Waals surface area contributed by atoms with E-state index in [9.17, 15) is 18.3 Å². The smallest absolute Gasteiger partial charge is 0.321 e. The molecule has 1 aromatic heterocycles. The maximum Gasteiger partial charge on any atom is 0.321 e. The third kappa shape index (κ3) is 6.62. The SMILES string of the molecule is Cc1noc(C)c1NC(=O)N(C)C[C@@H]1Oc2cc(C#CCC3CCCC3)ccc2S(=O)(=O)N([C@@H](C)CO)C[C@H]1C. The topological polar surface area (TPSA) is 125 Å². The quantitative estimate of drug-likeness (QED) is 0.498. The molecular formula is C29H40N4O6S. The predicted molar refractivity (Wildman–Crippen MR) is 152 cm³/mol. The fourth-order valence-electron chi connectivity index (χ4n) is 5.25. The summed E-state index contributed by atoms with van der Waals surface area (Å²) in [6.45, 7) is 7.01. The molecule has 2 N–H and O–H groups in total. The summed E-state index contributed by atoms with van der Waals surface area (Å²) in [5, 5.41) is 16.6. The Morgan fingerprint density at radius 1 is 1.30 bits per heavy atom. The van der Waals surface area contributed by atoms with Gasteiger partial charge in [0.25, 0.3) is 0 Å². The predicted octanol–water partition coefficient (Wildman–Crippen LogP) is 4.16. The van der Waals surface area contributed by atoms with Gasteiger partial charge in [-0.1, -0.05) is 36.8 Å². The minimum Gasteiger partial charge on any atom is -0.487 e. The molecule has 3 atom stereocenters. The number of benzene rings is 1. The summed E-state index contributed by atoms with van der Waals surface area (Å²) in [6.07, 6.45) is 5.20. The van der Waals surface area contributed by atoms with Gasteiger partial charge in [0, 0.05) is 37.5 Å². The Labute approximate surface area is 237 Å². The van der Waals surface area contributed by atoms with Crippen molar-refractivity contribution < 1.29 is 27.6 Å². The van der Waals surface area contributed by atoms with Gasteiger partial charge in [-0.15, -0.1) is 0 Å². The molecule has 40 heavy (non-hydrogen) atoms. The number of urea groups is 1. The van der Waals surface area contributed by atoms with Crippen molar-refractivity contribution in [3.05, 3.63) is 35.2 Å². The molecule has 0 unspecified atom stereocenters. The van der Waals surface area contributed by atoms with E-state index in [4.69, 9.17) is 9.26 Å². The number of nitrogens with one attached hydrogen (secondary N) is 1. The second kappa shape index (κ2) is 12.6. The van der Waals surface area contributed by atoms with Crippen LogP contribution in [0.1, 0.15) is 63.0 Å². The highest BCUT2D eigenvalue weighted by atomic mass is 32.2. The van der Waals surface area contributed by atoms with E-state index < -0.39 is 22.2 Å². The zero-order valence-electron chi connectivity index (χ0n) is 23.9. The standard InChI is InChI=1S/C29H40N4O6S/c1-19-16-33(20(2)18-34)40(36,37)27-14-13-24(12-8-11-23-9-6-7-10-23)15-25(27)38-26(19)17-32(5)29(35)30-28-21(3)31-39-22(28)4/h13-15,19-20,23,26,34H,6-7,9-11,16-18H2,1-5H3,(H,30,35)/t19-,20+,26+/m1/s1. The molecule has 0 radical (unpaired) electrons. The second-order valence-corrected chi connectivity index (χ2v) is 12.9. The van der Waals surface area contributed by atoms with Crippen LogP contribution in [-0.2, 0) is 10.0 Å². The Morgan fingerprint density at radius 3 is 2.67 bits per heavy atom. The van der Waals surface area contributed by atoms with Gasteiger partial charge in [-0.3, -0.25) is 0 Å². The molecule has 1 saturated carbocycles. The Morgan fingerprint density at radius 2 is 2.02 bits per heavy atom. The van der Waals surface area contributed by atoms with E-state index in [1.54, 1.807) is 40.0 Å². The summed E-state index contributed by atoms with van der Waals surface area (Å²) in [5.74, 6) is 7.46. The van der Waals surface area contributed by atoms with Crippen LogP contribution in [0.4, 0.5) is 10.5 Å². The number of hydrogen-bond acceptors (Lipinski definition) is 7. The van der Waals surface area contributed by atoms with E-state index in [0.29, 0.717) is 28.6 Å². The van der Waals surface area contributed by atoms with Crippen LogP contribution in [0, 0.1) is 37.5 Å². The number of sulfonamides is 1. The molecule has 1 aromatic carbocycles. The number of nitrogens with zero attached hydrogens (tertiary/aromatic N) is 3. The van der Waals surface area contributed by atoms with Crippen molar-refractivity contribution in [3.8, 4) is 17.6 Å². The average Bonchev–Trinajstić information content (AvgIpc) is 3.55. The van der Waals surface area contributed by atoms with Crippen LogP contribution in [0.15, 0.2) is 27.6 Å². The maximum atomic E-state index is 13.7. The number of ether oxygens (including phenoxy) is 1. The molecule has 2 aromatic rings. The van der Waals surface area contributed by atoms with Gasteiger partial charge in [0.1, 0.15) is 28.1 Å². The molecule has 2 aliphatic rings. The van der Waals surface area contributed by atoms with Crippen LogP contribution in [0.5, 0.6) is 5.75 Å². The van der Waals surface area contributed by atoms with Crippen molar-refractivity contribution in [1.82, 2.24) is 14.4 Å². The van der Waals surface area contributed by atoms with Crippen LogP contribution in [0.25, 0.3) is 0 Å². The Hall–Kier alpha value is -3.07. The molecule has 4 rings (SSSR count). The lowest BCUT2D eigenvalue weighted by Gasteiger charge is -2.37. The number of carbonyl (C=O) groups excluding carboxylic acids is 1. The summed E-state index contributed by atoms with van der Waals surface area (Å²) >= 11 is 0. The fourth-order valence-corrected chi connectivity index (χ4v) is 7.08. The van der Waals surface area contributed by atoms with Crippen molar-refractivity contribution in [3.63, 3.8) is 0 Å². The van der Waals surface area contributed by atoms with Gasteiger partial charge < -0.3 is 24.6 Å². The van der Waals surface area contributed by atoms with Gasteiger partial charge in [0.15, 0.2) is 5.76 Å². The number of anilines is 1. The van der Waals surface area contributed by atoms with Crippen molar-refractivity contribution in [1.29, 1.82) is 0 Å². The molecule has 11 heteroatoms. The molecule has 218 valence electrons. The molecular weight excluding hydrogens is 532 g/mol. The van der Waals surface area contributed by atoms with Crippen molar-refractivity contribution in [2.45, 2.75) is 76.8 Å². The number of aliphatic hydroxyl groups excluding tert-OH is 1. The van der Waals surface area contributed by atoms with E-state index in [2.05, 4.69) is 22.3 Å². The highest BCUT2D eigenvalue weighted by Crippen LogP contribution is 2.34. The molecule has 2 amide bonds. The number of aliphatic hydroxyl groups is 1. The first-order valence-electron chi connectivity index (χ1n) is 13.9. The van der Waals surface area contributed by atoms with Crippen LogP contribution in [0.3, 0.4) is 0 Å². The summed E-state index contributed by atoms with van der Waals surface area (Å²) in [4.78, 5) is 14.5. The third-order valence-corrected chi connectivity index (χ3v) is 9.85. The normalized spacial score (nSPS) is 21.8. The Bertz CT molecular complexity index is 1350. The summed E-state index contributed by atoms with van der Waals surface area (Å²) in [7, 11) is -2.31. The van der Waals surface area contributed by atoms with Crippen LogP contribution >= 0.6 is 0 Å². The van der Waals surface area contributed by atoms with Gasteiger partial charge in [0.05, 0.1) is 13.2 Å². The van der Waals surface area contributed by atoms with Gasteiger partial charge in [-0.2, -0.15) is 4.31 Å². The Balaban J connectivity index is 1.62. The summed E-state index contributed by atoms with van der Waals surface area (Å²) in [6, 6.07) is 3.90. The number of aromatic nitrogens is 1. The molecule has 1 aliphatic carbocycles. The van der Waals surface area contributed by atoms with Gasteiger partial charge in [-0.05, 0) is 57.7 Å². The largest absolute Gasteiger partial charge is 0.487 e. The first kappa shape index (κ1) is 29.9. The lowest BCUT2D eigenvalue weighted by atomic mass is 10.0. The van der Waals surface area contributed by atoms with Crippen LogP contribution in [0.2, 0.25) is 0 Å². The number of carbonyl (C=O) groups is 1. The number of aryl methyl sites for hydroxylation is 2. The lowest BCUT2D eigenvalue weighted by molar-refractivity contribution is 0.0830. The highest BCUT2D eigenvalue weighted by Gasteiger charge is 2.38. The average molecular weight is 573 g/mol. The van der Waals surface area contributed by atoms with Crippen LogP contribution < -0.4 is 10.1 Å². The van der Waals surface area contributed by atoms with Crippen LogP contribution in [-0.4, -0.2) is 72.8 Å². The minimum atomic E-state index is -3.96. The first-order valence-corrected chi connectivity index (χ1v) is 15.3. The second-order valence-electron chi connectivity index (χ2n) is 11.1. The van der Waals surface area contributed by atoms with E-state index >= 15 is 0 Å². The monoisotopic (exact) mass is 572 g/mol. The van der Waals surface area contributed by atoms with Crippen molar-refractivity contribution in [2.24, 2.45) is 11.8 Å². The first-order chi connectivity index (χ1) is 19.0. The summed E-state index contributed by atoms with van der Waals surface area (Å²) < 4.78 is 40.3. The van der Waals surface area contributed by atoms with Gasteiger partial charge in [0.2, 0.25) is 10.0 Å². The molecule has 1 fully saturated rings. The molecule has 0 bridgehead atoms. The fraction of sp³-hybridized carbons (Fsp3) is 0.586. The van der Waals surface area contributed by atoms with E-state index in [-0.39, 0.29) is 42.3 Å². The number of fused-ring (bicyclic) bond motifs is 1. The molecule has 1 aliphatic heterocycles. The number of rotatable bonds is 6. The number of amides is 2. The molecule has 10 nitrogen and oxygen atoms in total. The maximum absolute atomic E-state index is 13.7. The molecule has 2 heterocycles. The van der Waals surface area contributed by atoms with Gasteiger partial charge in [-0.25, -0.2) is 13.2 Å². The molecule has 0 spiro atoms.